The van der Waals surface area contributed by atoms with E-state index < -0.39 is 22.0 Å². The maximum atomic E-state index is 13.1. The van der Waals surface area contributed by atoms with Crippen molar-refractivity contribution in [3.63, 3.8) is 0 Å². The number of aromatic nitrogens is 3. The van der Waals surface area contributed by atoms with Crippen molar-refractivity contribution in [2.75, 3.05) is 5.75 Å². The first-order chi connectivity index (χ1) is 14.6. The fourth-order valence-corrected chi connectivity index (χ4v) is 5.97. The topological polar surface area (TPSA) is 102 Å². The van der Waals surface area contributed by atoms with Gasteiger partial charge in [-0.15, -0.1) is 11.3 Å². The molecule has 0 unspecified atom stereocenters. The van der Waals surface area contributed by atoms with Crippen molar-refractivity contribution >= 4 is 49.9 Å². The van der Waals surface area contributed by atoms with Crippen molar-refractivity contribution in [3.05, 3.63) is 46.0 Å². The maximum Gasteiger partial charge on any atom is 0.451 e. The number of Topliss-reactive ketones (excluding diaryl/α,β-unsaturated/α-hetero) is 1. The van der Waals surface area contributed by atoms with Gasteiger partial charge in [0.2, 0.25) is 15.8 Å². The van der Waals surface area contributed by atoms with Crippen LogP contribution in [0.1, 0.15) is 33.2 Å². The minimum absolute atomic E-state index is 0.0211. The molecule has 13 heteroatoms. The third-order valence-corrected chi connectivity index (χ3v) is 8.39. The molecule has 3 aromatic heterocycles. The Bertz CT molecular complexity index is 1240. The summed E-state index contributed by atoms with van der Waals surface area (Å²) in [6.07, 6.45) is -2.09. The van der Waals surface area contributed by atoms with Crippen LogP contribution >= 0.6 is 23.1 Å². The van der Waals surface area contributed by atoms with Crippen LogP contribution in [0, 0.1) is 0 Å². The summed E-state index contributed by atoms with van der Waals surface area (Å²) < 4.78 is 65.6. The van der Waals surface area contributed by atoms with E-state index in [4.69, 9.17) is 0 Å². The van der Waals surface area contributed by atoms with Crippen LogP contribution in [0.5, 0.6) is 0 Å². The maximum absolute atomic E-state index is 13.1. The number of alkyl halides is 3. The highest BCUT2D eigenvalue weighted by atomic mass is 32.2. The van der Waals surface area contributed by atoms with Crippen molar-refractivity contribution in [2.24, 2.45) is 0 Å². The van der Waals surface area contributed by atoms with E-state index in [1.807, 2.05) is 0 Å². The van der Waals surface area contributed by atoms with E-state index in [0.29, 0.717) is 28.0 Å². The SMILES string of the molecule is O=C(CSc1nc(C(F)(F)F)nc2ncccc12)c1ccc(CNS(=O)(=O)C2CC2)s1. The van der Waals surface area contributed by atoms with Crippen molar-refractivity contribution in [1.29, 1.82) is 0 Å². The Morgan fingerprint density at radius 1 is 1.23 bits per heavy atom. The number of sulfonamides is 1. The Kier molecular flexibility index (Phi) is 6.03. The normalized spacial score (nSPS) is 14.8. The molecule has 1 aliphatic carbocycles. The molecular weight excluding hydrogens is 473 g/mol. The smallest absolute Gasteiger partial charge is 0.292 e. The third-order valence-electron chi connectivity index (χ3n) is 4.38. The lowest BCUT2D eigenvalue weighted by Gasteiger charge is -2.09. The van der Waals surface area contributed by atoms with E-state index in [1.165, 1.54) is 6.20 Å². The number of pyridine rings is 1. The lowest BCUT2D eigenvalue weighted by Crippen LogP contribution is -2.26. The van der Waals surface area contributed by atoms with Crippen LogP contribution in [0.4, 0.5) is 13.2 Å². The first kappa shape index (κ1) is 22.1. The molecule has 4 rings (SSSR count). The lowest BCUT2D eigenvalue weighted by molar-refractivity contribution is -0.145. The zero-order valence-corrected chi connectivity index (χ0v) is 18.2. The quantitative estimate of drug-likeness (QED) is 0.293. The molecule has 0 aromatic carbocycles. The van der Waals surface area contributed by atoms with Gasteiger partial charge in [-0.3, -0.25) is 4.79 Å². The molecule has 0 aliphatic heterocycles. The largest absolute Gasteiger partial charge is 0.451 e. The molecule has 1 fully saturated rings. The number of rotatable bonds is 8. The van der Waals surface area contributed by atoms with Crippen LogP contribution in [0.2, 0.25) is 0 Å². The van der Waals surface area contributed by atoms with Gasteiger partial charge >= 0.3 is 6.18 Å². The molecule has 7 nitrogen and oxygen atoms in total. The molecule has 0 bridgehead atoms. The molecular formula is C18H15F3N4O3S3. The second-order valence-electron chi connectivity index (χ2n) is 6.77. The van der Waals surface area contributed by atoms with Gasteiger partial charge in [-0.05, 0) is 37.1 Å². The molecule has 1 N–H and O–H groups in total. The molecule has 0 spiro atoms. The number of hydrogen-bond acceptors (Lipinski definition) is 8. The van der Waals surface area contributed by atoms with Crippen molar-refractivity contribution in [2.45, 2.75) is 35.8 Å². The highest BCUT2D eigenvalue weighted by Gasteiger charge is 2.36. The Hall–Kier alpha value is -2.09. The molecule has 164 valence electrons. The van der Waals surface area contributed by atoms with E-state index >= 15 is 0 Å². The van der Waals surface area contributed by atoms with Gasteiger partial charge in [0, 0.05) is 17.6 Å². The molecule has 3 heterocycles. The van der Waals surface area contributed by atoms with Gasteiger partial charge in [0.1, 0.15) is 5.03 Å². The monoisotopic (exact) mass is 488 g/mol. The first-order valence-corrected chi connectivity index (χ1v) is 12.4. The van der Waals surface area contributed by atoms with Gasteiger partial charge in [0.15, 0.2) is 11.4 Å². The van der Waals surface area contributed by atoms with Crippen LogP contribution in [-0.2, 0) is 22.7 Å². The Balaban J connectivity index is 1.45. The van der Waals surface area contributed by atoms with Gasteiger partial charge in [-0.25, -0.2) is 28.1 Å². The van der Waals surface area contributed by atoms with Crippen LogP contribution in [0.25, 0.3) is 11.0 Å². The van der Waals surface area contributed by atoms with E-state index in [0.717, 1.165) is 23.1 Å². The number of nitrogens with zero attached hydrogens (tertiary/aromatic N) is 3. The molecule has 0 atom stereocenters. The summed E-state index contributed by atoms with van der Waals surface area (Å²) in [5.41, 5.74) is -0.0962. The van der Waals surface area contributed by atoms with E-state index in [1.54, 1.807) is 24.3 Å². The number of halogens is 3. The van der Waals surface area contributed by atoms with Crippen LogP contribution in [0.15, 0.2) is 35.5 Å². The molecule has 0 saturated heterocycles. The highest BCUT2D eigenvalue weighted by molar-refractivity contribution is 8.00. The first-order valence-electron chi connectivity index (χ1n) is 9.06. The molecule has 31 heavy (non-hydrogen) atoms. The zero-order valence-electron chi connectivity index (χ0n) is 15.7. The summed E-state index contributed by atoms with van der Waals surface area (Å²) in [5.74, 6) is -1.74. The number of carbonyl (C=O) groups excluding carboxylic acids is 1. The number of carbonyl (C=O) groups is 1. The summed E-state index contributed by atoms with van der Waals surface area (Å²) in [5, 5.41) is 0.0196. The number of thiophene rings is 1. The molecule has 3 aromatic rings. The standard InChI is InChI=1S/C18H15F3N4O3S3/c19-18(20,21)17-24-15-12(2-1-7-22-15)16(25-17)29-9-13(26)14-6-3-10(30-14)8-23-31(27,28)11-4-5-11/h1-3,6-7,11,23H,4-5,8-9H2. The molecule has 0 amide bonds. The van der Waals surface area contributed by atoms with E-state index in [-0.39, 0.29) is 34.0 Å². The van der Waals surface area contributed by atoms with Crippen LogP contribution in [0.3, 0.4) is 0 Å². The second-order valence-corrected chi connectivity index (χ2v) is 10.9. The summed E-state index contributed by atoms with van der Waals surface area (Å²) in [6.45, 7) is 0.0983. The Morgan fingerprint density at radius 3 is 2.71 bits per heavy atom. The van der Waals surface area contributed by atoms with Crippen LogP contribution in [-0.4, -0.2) is 40.2 Å². The highest BCUT2D eigenvalue weighted by Crippen LogP contribution is 2.32. The average molecular weight is 489 g/mol. The zero-order chi connectivity index (χ0) is 22.2. The summed E-state index contributed by atoms with van der Waals surface area (Å²) >= 11 is 2.02. The fraction of sp³-hybridized carbons (Fsp3) is 0.333. The van der Waals surface area contributed by atoms with E-state index in [2.05, 4.69) is 19.7 Å². The number of thioether (sulfide) groups is 1. The molecule has 1 aliphatic rings. The third kappa shape index (κ3) is 5.22. The number of fused-ring (bicyclic) bond motifs is 1. The minimum Gasteiger partial charge on any atom is -0.292 e. The van der Waals surface area contributed by atoms with Gasteiger partial charge in [-0.2, -0.15) is 13.2 Å². The molecule has 0 radical (unpaired) electrons. The van der Waals surface area contributed by atoms with Crippen molar-refractivity contribution in [3.8, 4) is 0 Å². The summed E-state index contributed by atoms with van der Waals surface area (Å²) in [7, 11) is -3.32. The average Bonchev–Trinajstić information content (AvgIpc) is 3.49. The van der Waals surface area contributed by atoms with Crippen LogP contribution < -0.4 is 4.72 Å². The fourth-order valence-electron chi connectivity index (χ4n) is 2.67. The molecule has 1 saturated carbocycles. The summed E-state index contributed by atoms with van der Waals surface area (Å²) in [6, 6.07) is 6.34. The van der Waals surface area contributed by atoms with Crippen molar-refractivity contribution in [1.82, 2.24) is 19.7 Å². The van der Waals surface area contributed by atoms with Gasteiger partial charge in [0.05, 0.1) is 21.3 Å². The second kappa shape index (κ2) is 8.45. The minimum atomic E-state index is -4.73. The predicted molar refractivity (Wildman–Crippen MR) is 110 cm³/mol. The van der Waals surface area contributed by atoms with Gasteiger partial charge in [0.25, 0.3) is 0 Å². The summed E-state index contributed by atoms with van der Waals surface area (Å²) in [4.78, 5) is 24.5. The van der Waals surface area contributed by atoms with E-state index in [9.17, 15) is 26.4 Å². The Labute approximate surface area is 183 Å². The number of nitrogens with one attached hydrogen (secondary N) is 1. The number of hydrogen-bond donors (Lipinski definition) is 1. The Morgan fingerprint density at radius 2 is 2.00 bits per heavy atom. The lowest BCUT2D eigenvalue weighted by atomic mass is 10.3. The van der Waals surface area contributed by atoms with Gasteiger partial charge in [-0.1, -0.05) is 11.8 Å². The van der Waals surface area contributed by atoms with Gasteiger partial charge < -0.3 is 0 Å². The number of ketones is 1. The predicted octanol–water partition coefficient (Wildman–Crippen LogP) is 3.66. The van der Waals surface area contributed by atoms with Crippen molar-refractivity contribution < 1.29 is 26.4 Å².